The monoisotopic (exact) mass is 409 g/mol. The summed E-state index contributed by atoms with van der Waals surface area (Å²) in [6, 6.07) is 31.1. The van der Waals surface area contributed by atoms with E-state index in [4.69, 9.17) is 9.47 Å². The van der Waals surface area contributed by atoms with Crippen LogP contribution in [0.2, 0.25) is 0 Å². The molecule has 0 saturated heterocycles. The lowest BCUT2D eigenvalue weighted by atomic mass is 10.0. The molecular formula is C27H23NO3. The second-order valence-electron chi connectivity index (χ2n) is 6.93. The summed E-state index contributed by atoms with van der Waals surface area (Å²) < 4.78 is 11.3. The van der Waals surface area contributed by atoms with Crippen molar-refractivity contribution in [1.29, 1.82) is 0 Å². The van der Waals surface area contributed by atoms with E-state index in [0.29, 0.717) is 18.9 Å². The van der Waals surface area contributed by atoms with Gasteiger partial charge in [0, 0.05) is 11.8 Å². The van der Waals surface area contributed by atoms with Crippen molar-refractivity contribution in [3.63, 3.8) is 0 Å². The van der Waals surface area contributed by atoms with E-state index in [0.717, 1.165) is 27.8 Å². The van der Waals surface area contributed by atoms with Gasteiger partial charge in [0.25, 0.3) is 0 Å². The maximum atomic E-state index is 12.3. The molecule has 4 rings (SSSR count). The Hall–Kier alpha value is -4.05. The number of rotatable bonds is 8. The summed E-state index contributed by atoms with van der Waals surface area (Å²) in [5, 5.41) is 5.14. The number of carbonyl (C=O) groups excluding carboxylic acids is 1. The minimum atomic E-state index is -0.183. The van der Waals surface area contributed by atoms with Gasteiger partial charge in [-0.05, 0) is 58.8 Å². The largest absolute Gasteiger partial charge is 0.490 e. The van der Waals surface area contributed by atoms with Crippen molar-refractivity contribution in [2.45, 2.75) is 0 Å². The number of anilines is 1. The molecule has 4 nitrogen and oxygen atoms in total. The van der Waals surface area contributed by atoms with Crippen molar-refractivity contribution < 1.29 is 14.3 Å². The molecule has 0 saturated carbocycles. The van der Waals surface area contributed by atoms with Crippen molar-refractivity contribution in [2.24, 2.45) is 0 Å². The third kappa shape index (κ3) is 5.73. The van der Waals surface area contributed by atoms with Crippen LogP contribution in [0.15, 0.2) is 103 Å². The van der Waals surface area contributed by atoms with Gasteiger partial charge in [-0.15, -0.1) is 0 Å². The summed E-state index contributed by atoms with van der Waals surface area (Å²) in [4.78, 5) is 12.3. The van der Waals surface area contributed by atoms with Gasteiger partial charge in [0.05, 0.1) is 0 Å². The molecule has 1 N–H and O–H groups in total. The van der Waals surface area contributed by atoms with Crippen LogP contribution in [0.1, 0.15) is 5.56 Å². The molecular weight excluding hydrogens is 386 g/mol. The van der Waals surface area contributed by atoms with Crippen LogP contribution in [-0.2, 0) is 4.79 Å². The second kappa shape index (κ2) is 10.1. The van der Waals surface area contributed by atoms with Gasteiger partial charge in [-0.1, -0.05) is 60.7 Å². The SMILES string of the molecule is O=C(/C=C/c1cccc2ccccc12)Nc1ccc(OCCOc2ccccc2)cc1. The van der Waals surface area contributed by atoms with Gasteiger partial charge < -0.3 is 14.8 Å². The Morgan fingerprint density at radius 1 is 0.710 bits per heavy atom. The molecule has 4 heteroatoms. The van der Waals surface area contributed by atoms with Gasteiger partial charge in [0.15, 0.2) is 0 Å². The van der Waals surface area contributed by atoms with Gasteiger partial charge in [0.1, 0.15) is 24.7 Å². The van der Waals surface area contributed by atoms with Crippen molar-refractivity contribution in [2.75, 3.05) is 18.5 Å². The topological polar surface area (TPSA) is 47.6 Å². The smallest absolute Gasteiger partial charge is 0.248 e. The van der Waals surface area contributed by atoms with Crippen molar-refractivity contribution in [3.05, 3.63) is 109 Å². The van der Waals surface area contributed by atoms with Crippen molar-refractivity contribution in [3.8, 4) is 11.5 Å². The number of carbonyl (C=O) groups is 1. The quantitative estimate of drug-likeness (QED) is 0.289. The molecule has 4 aromatic rings. The number of hydrogen-bond acceptors (Lipinski definition) is 3. The molecule has 0 radical (unpaired) electrons. The van der Waals surface area contributed by atoms with E-state index >= 15 is 0 Å². The third-order valence-electron chi connectivity index (χ3n) is 4.72. The van der Waals surface area contributed by atoms with Crippen LogP contribution in [0.5, 0.6) is 11.5 Å². The lowest BCUT2D eigenvalue weighted by Crippen LogP contribution is -2.09. The molecule has 1 amide bonds. The van der Waals surface area contributed by atoms with Crippen LogP contribution >= 0.6 is 0 Å². The zero-order chi connectivity index (χ0) is 21.3. The number of fused-ring (bicyclic) bond motifs is 1. The molecule has 0 heterocycles. The maximum Gasteiger partial charge on any atom is 0.248 e. The Morgan fingerprint density at radius 3 is 2.13 bits per heavy atom. The Balaban J connectivity index is 1.27. The van der Waals surface area contributed by atoms with E-state index in [1.165, 1.54) is 0 Å². The number of para-hydroxylation sites is 1. The lowest BCUT2D eigenvalue weighted by molar-refractivity contribution is -0.111. The summed E-state index contributed by atoms with van der Waals surface area (Å²) in [7, 11) is 0. The standard InChI is InChI=1S/C27H23NO3/c29-27(18-13-22-9-6-8-21-7-4-5-12-26(21)22)28-23-14-16-25(17-15-23)31-20-19-30-24-10-2-1-3-11-24/h1-18H,19-20H2,(H,28,29)/b18-13+. The molecule has 0 aliphatic rings. The fraction of sp³-hybridized carbons (Fsp3) is 0.0741. The van der Waals surface area contributed by atoms with Gasteiger partial charge >= 0.3 is 0 Å². The van der Waals surface area contributed by atoms with Crippen LogP contribution in [0.4, 0.5) is 5.69 Å². The normalized spacial score (nSPS) is 10.8. The molecule has 0 spiro atoms. The van der Waals surface area contributed by atoms with Crippen molar-refractivity contribution >= 4 is 28.4 Å². The Labute approximate surface area is 181 Å². The van der Waals surface area contributed by atoms with E-state index in [1.807, 2.05) is 84.9 Å². The number of ether oxygens (including phenoxy) is 2. The molecule has 0 aliphatic heterocycles. The highest BCUT2D eigenvalue weighted by atomic mass is 16.5. The van der Waals surface area contributed by atoms with Gasteiger partial charge in [-0.3, -0.25) is 4.79 Å². The van der Waals surface area contributed by atoms with Crippen LogP contribution < -0.4 is 14.8 Å². The summed E-state index contributed by atoms with van der Waals surface area (Å²) in [6.45, 7) is 0.899. The predicted molar refractivity (Wildman–Crippen MR) is 125 cm³/mol. The Bertz CT molecular complexity index is 1160. The van der Waals surface area contributed by atoms with E-state index in [2.05, 4.69) is 23.5 Å². The summed E-state index contributed by atoms with van der Waals surface area (Å²) in [5.74, 6) is 1.36. The van der Waals surface area contributed by atoms with Crippen LogP contribution in [0.25, 0.3) is 16.8 Å². The van der Waals surface area contributed by atoms with E-state index in [-0.39, 0.29) is 5.91 Å². The van der Waals surface area contributed by atoms with Crippen molar-refractivity contribution in [1.82, 2.24) is 0 Å². The van der Waals surface area contributed by atoms with Crippen LogP contribution in [-0.4, -0.2) is 19.1 Å². The third-order valence-corrected chi connectivity index (χ3v) is 4.72. The Kier molecular flexibility index (Phi) is 6.61. The first kappa shape index (κ1) is 20.2. The minimum Gasteiger partial charge on any atom is -0.490 e. The zero-order valence-electron chi connectivity index (χ0n) is 17.0. The highest BCUT2D eigenvalue weighted by molar-refractivity contribution is 6.03. The van der Waals surface area contributed by atoms with Crippen LogP contribution in [0.3, 0.4) is 0 Å². The van der Waals surface area contributed by atoms with Gasteiger partial charge in [-0.25, -0.2) is 0 Å². The molecule has 154 valence electrons. The second-order valence-corrected chi connectivity index (χ2v) is 6.93. The average Bonchev–Trinajstić information content (AvgIpc) is 2.82. The van der Waals surface area contributed by atoms with E-state index in [9.17, 15) is 4.79 Å². The number of hydrogen-bond donors (Lipinski definition) is 1. The molecule has 0 atom stereocenters. The molecule has 0 unspecified atom stereocenters. The first-order valence-electron chi connectivity index (χ1n) is 10.2. The average molecular weight is 409 g/mol. The number of benzene rings is 4. The summed E-state index contributed by atoms with van der Waals surface area (Å²) >= 11 is 0. The molecule has 0 fully saturated rings. The molecule has 0 bridgehead atoms. The van der Waals surface area contributed by atoms with Gasteiger partial charge in [0.2, 0.25) is 5.91 Å². The molecule has 4 aromatic carbocycles. The molecule has 31 heavy (non-hydrogen) atoms. The first-order valence-corrected chi connectivity index (χ1v) is 10.2. The predicted octanol–water partition coefficient (Wildman–Crippen LogP) is 5.95. The van der Waals surface area contributed by atoms with Crippen LogP contribution in [0, 0.1) is 0 Å². The molecule has 0 aliphatic carbocycles. The highest BCUT2D eigenvalue weighted by Crippen LogP contribution is 2.20. The maximum absolute atomic E-state index is 12.3. The fourth-order valence-corrected chi connectivity index (χ4v) is 3.22. The van der Waals surface area contributed by atoms with Gasteiger partial charge in [-0.2, -0.15) is 0 Å². The summed E-state index contributed by atoms with van der Waals surface area (Å²) in [5.41, 5.74) is 1.72. The lowest BCUT2D eigenvalue weighted by Gasteiger charge is -2.09. The Morgan fingerprint density at radius 2 is 1.35 bits per heavy atom. The zero-order valence-corrected chi connectivity index (χ0v) is 17.0. The van der Waals surface area contributed by atoms with E-state index in [1.54, 1.807) is 6.08 Å². The van der Waals surface area contributed by atoms with E-state index < -0.39 is 0 Å². The minimum absolute atomic E-state index is 0.183. The first-order chi connectivity index (χ1) is 15.3. The highest BCUT2D eigenvalue weighted by Gasteiger charge is 2.01. The number of nitrogens with one attached hydrogen (secondary N) is 1. The number of amides is 1. The molecule has 0 aromatic heterocycles. The fourth-order valence-electron chi connectivity index (χ4n) is 3.22. The summed E-state index contributed by atoms with van der Waals surface area (Å²) in [6.07, 6.45) is 3.38.